The third kappa shape index (κ3) is 2.73. The molecule has 3 aromatic rings. The van der Waals surface area contributed by atoms with Crippen LogP contribution in [0.5, 0.6) is 0 Å². The maximum Gasteiger partial charge on any atom is 0.0102 e. The van der Waals surface area contributed by atoms with Gasteiger partial charge in [0.15, 0.2) is 0 Å². The van der Waals surface area contributed by atoms with E-state index in [9.17, 15) is 0 Å². The van der Waals surface area contributed by atoms with Gasteiger partial charge in [-0.1, -0.05) is 78.7 Å². The summed E-state index contributed by atoms with van der Waals surface area (Å²) in [4.78, 5) is 0. The molecule has 0 aromatic heterocycles. The summed E-state index contributed by atoms with van der Waals surface area (Å²) in [6.45, 7) is 2.34. The van der Waals surface area contributed by atoms with Crippen molar-refractivity contribution in [1.82, 2.24) is 0 Å². The van der Waals surface area contributed by atoms with Gasteiger partial charge in [0.25, 0.3) is 0 Å². The van der Waals surface area contributed by atoms with Gasteiger partial charge in [0.2, 0.25) is 0 Å². The molecule has 0 heteroatoms. The highest BCUT2D eigenvalue weighted by molar-refractivity contribution is 5.78. The monoisotopic (exact) mass is 376 g/mol. The van der Waals surface area contributed by atoms with Crippen LogP contribution in [0, 0.1) is 0 Å². The molecular formula is C29H28. The first-order valence-electron chi connectivity index (χ1n) is 11.3. The number of hydrogen-bond acceptors (Lipinski definition) is 0. The second-order valence-corrected chi connectivity index (χ2v) is 9.20. The highest BCUT2D eigenvalue weighted by Gasteiger charge is 2.29. The third-order valence-corrected chi connectivity index (χ3v) is 7.55. The van der Waals surface area contributed by atoms with Crippen molar-refractivity contribution >= 4 is 6.08 Å². The number of aryl methyl sites for hydroxylation is 2. The molecular weight excluding hydrogens is 348 g/mol. The predicted molar refractivity (Wildman–Crippen MR) is 122 cm³/mol. The Hall–Kier alpha value is -2.60. The Balaban J connectivity index is 1.23. The lowest BCUT2D eigenvalue weighted by atomic mass is 9.86. The van der Waals surface area contributed by atoms with Gasteiger partial charge in [-0.05, 0) is 83.5 Å². The SMILES string of the molecule is CC1=Cc2cc3c(cc2C1CCCC1c2ccccc2-c2ccccc21)CCC3. The molecule has 3 aromatic carbocycles. The summed E-state index contributed by atoms with van der Waals surface area (Å²) >= 11 is 0. The van der Waals surface area contributed by atoms with Gasteiger partial charge >= 0.3 is 0 Å². The second kappa shape index (κ2) is 6.73. The largest absolute Gasteiger partial charge is 0.0652 e. The van der Waals surface area contributed by atoms with Crippen molar-refractivity contribution in [3.63, 3.8) is 0 Å². The van der Waals surface area contributed by atoms with Crippen LogP contribution < -0.4 is 0 Å². The van der Waals surface area contributed by atoms with E-state index in [1.54, 1.807) is 22.3 Å². The molecule has 0 amide bonds. The quantitative estimate of drug-likeness (QED) is 0.438. The number of rotatable bonds is 4. The maximum atomic E-state index is 2.55. The van der Waals surface area contributed by atoms with Crippen molar-refractivity contribution in [3.8, 4) is 11.1 Å². The van der Waals surface area contributed by atoms with E-state index < -0.39 is 0 Å². The van der Waals surface area contributed by atoms with Gasteiger partial charge in [-0.2, -0.15) is 0 Å². The summed E-state index contributed by atoms with van der Waals surface area (Å²) in [5.41, 5.74) is 13.9. The molecule has 0 aliphatic heterocycles. The first-order chi connectivity index (χ1) is 14.3. The molecule has 1 unspecified atom stereocenters. The minimum Gasteiger partial charge on any atom is -0.0652 e. The average Bonchev–Trinajstić information content (AvgIpc) is 3.41. The lowest BCUT2D eigenvalue weighted by Crippen LogP contribution is -2.02. The van der Waals surface area contributed by atoms with Crippen LogP contribution in [0.25, 0.3) is 17.2 Å². The minimum absolute atomic E-state index is 0.563. The number of fused-ring (bicyclic) bond motifs is 5. The highest BCUT2D eigenvalue weighted by atomic mass is 14.3. The molecule has 0 nitrogen and oxygen atoms in total. The summed E-state index contributed by atoms with van der Waals surface area (Å²) in [5, 5.41) is 0. The lowest BCUT2D eigenvalue weighted by molar-refractivity contribution is 0.595. The van der Waals surface area contributed by atoms with Gasteiger partial charge in [-0.3, -0.25) is 0 Å². The Bertz CT molecular complexity index is 1090. The van der Waals surface area contributed by atoms with Crippen molar-refractivity contribution in [2.75, 3.05) is 0 Å². The zero-order valence-corrected chi connectivity index (χ0v) is 17.2. The standard InChI is InChI=1S/C29H28/c1-19-16-22-17-20-8-6-9-21(20)18-29(22)23(19)14-7-15-28-26-12-4-2-10-24(26)25-11-3-5-13-27(25)28/h2-5,10-13,16-18,23,28H,6-9,14-15H2,1H3. The lowest BCUT2D eigenvalue weighted by Gasteiger charge is -2.18. The molecule has 3 aliphatic rings. The van der Waals surface area contributed by atoms with Crippen LogP contribution in [0.4, 0.5) is 0 Å². The minimum atomic E-state index is 0.563. The van der Waals surface area contributed by atoms with Crippen molar-refractivity contribution in [3.05, 3.63) is 99.6 Å². The van der Waals surface area contributed by atoms with Crippen LogP contribution in [0.1, 0.15) is 77.8 Å². The van der Waals surface area contributed by atoms with E-state index in [4.69, 9.17) is 0 Å². The number of allylic oxidation sites excluding steroid dienone is 1. The maximum absolute atomic E-state index is 2.55. The molecule has 0 N–H and O–H groups in total. The molecule has 144 valence electrons. The fourth-order valence-electron chi connectivity index (χ4n) is 6.16. The smallest absolute Gasteiger partial charge is 0.0102 e. The zero-order chi connectivity index (χ0) is 19.4. The van der Waals surface area contributed by atoms with E-state index in [0.717, 1.165) is 0 Å². The van der Waals surface area contributed by atoms with Gasteiger partial charge in [0.1, 0.15) is 0 Å². The summed E-state index contributed by atoms with van der Waals surface area (Å²) in [6.07, 6.45) is 10.2. The summed E-state index contributed by atoms with van der Waals surface area (Å²) < 4.78 is 0. The fourth-order valence-corrected chi connectivity index (χ4v) is 6.16. The average molecular weight is 377 g/mol. The summed E-state index contributed by atoms with van der Waals surface area (Å²) in [6, 6.07) is 23.1. The van der Waals surface area contributed by atoms with Crippen LogP contribution in [0.2, 0.25) is 0 Å². The number of hydrogen-bond donors (Lipinski definition) is 0. The fraction of sp³-hybridized carbons (Fsp3) is 0.310. The molecule has 6 rings (SSSR count). The van der Waals surface area contributed by atoms with E-state index in [1.165, 1.54) is 66.3 Å². The van der Waals surface area contributed by atoms with Gasteiger partial charge in [-0.25, -0.2) is 0 Å². The van der Waals surface area contributed by atoms with Crippen LogP contribution >= 0.6 is 0 Å². The first kappa shape index (κ1) is 17.3. The molecule has 0 saturated heterocycles. The van der Waals surface area contributed by atoms with E-state index >= 15 is 0 Å². The number of benzene rings is 3. The Kier molecular flexibility index (Phi) is 4.01. The molecule has 0 bridgehead atoms. The van der Waals surface area contributed by atoms with Gasteiger partial charge in [-0.15, -0.1) is 0 Å². The van der Waals surface area contributed by atoms with Gasteiger partial charge in [0, 0.05) is 11.8 Å². The predicted octanol–water partition coefficient (Wildman–Crippen LogP) is 7.66. The topological polar surface area (TPSA) is 0 Å². The van der Waals surface area contributed by atoms with Crippen LogP contribution in [0.3, 0.4) is 0 Å². The second-order valence-electron chi connectivity index (χ2n) is 9.20. The van der Waals surface area contributed by atoms with Crippen molar-refractivity contribution in [1.29, 1.82) is 0 Å². The van der Waals surface area contributed by atoms with Crippen LogP contribution in [-0.2, 0) is 12.8 Å². The molecule has 0 fully saturated rings. The van der Waals surface area contributed by atoms with Crippen LogP contribution in [-0.4, -0.2) is 0 Å². The first-order valence-corrected chi connectivity index (χ1v) is 11.3. The van der Waals surface area contributed by atoms with Crippen molar-refractivity contribution in [2.24, 2.45) is 0 Å². The molecule has 0 radical (unpaired) electrons. The Morgan fingerprint density at radius 1 is 0.724 bits per heavy atom. The summed E-state index contributed by atoms with van der Waals surface area (Å²) in [5.74, 6) is 1.19. The molecule has 3 aliphatic carbocycles. The molecule has 0 saturated carbocycles. The van der Waals surface area contributed by atoms with E-state index in [-0.39, 0.29) is 0 Å². The van der Waals surface area contributed by atoms with Crippen molar-refractivity contribution in [2.45, 2.75) is 57.3 Å². The van der Waals surface area contributed by atoms with Gasteiger partial charge < -0.3 is 0 Å². The van der Waals surface area contributed by atoms with Crippen LogP contribution in [0.15, 0.2) is 66.2 Å². The highest BCUT2D eigenvalue weighted by Crippen LogP contribution is 2.48. The molecule has 0 heterocycles. The molecule has 29 heavy (non-hydrogen) atoms. The van der Waals surface area contributed by atoms with E-state index in [1.807, 2.05) is 0 Å². The Morgan fingerprint density at radius 2 is 1.34 bits per heavy atom. The molecule has 1 atom stereocenters. The third-order valence-electron chi connectivity index (χ3n) is 7.55. The summed E-state index contributed by atoms with van der Waals surface area (Å²) in [7, 11) is 0. The Morgan fingerprint density at radius 3 is 2.07 bits per heavy atom. The van der Waals surface area contributed by atoms with E-state index in [0.29, 0.717) is 11.8 Å². The van der Waals surface area contributed by atoms with E-state index in [2.05, 4.69) is 73.7 Å². The molecule has 0 spiro atoms. The van der Waals surface area contributed by atoms with Gasteiger partial charge in [0.05, 0.1) is 0 Å². The normalized spacial score (nSPS) is 18.9. The zero-order valence-electron chi connectivity index (χ0n) is 17.2. The Labute approximate surface area is 174 Å². The van der Waals surface area contributed by atoms with Crippen molar-refractivity contribution < 1.29 is 0 Å².